The number of likely N-dealkylation sites (tertiary alicyclic amines) is 1. The zero-order valence-electron chi connectivity index (χ0n) is 20.6. The fourth-order valence-electron chi connectivity index (χ4n) is 4.76. The molecule has 3 N–H and O–H groups in total. The molecule has 4 heterocycles. The molecule has 0 radical (unpaired) electrons. The second-order valence-electron chi connectivity index (χ2n) is 9.33. The van der Waals surface area contributed by atoms with Crippen molar-refractivity contribution in [1.29, 1.82) is 5.53 Å². The third-order valence-corrected chi connectivity index (χ3v) is 6.91. The minimum absolute atomic E-state index is 0.0509. The first-order valence-electron chi connectivity index (χ1n) is 12.2. The number of anilines is 2. The van der Waals surface area contributed by atoms with Gasteiger partial charge in [-0.1, -0.05) is 6.07 Å². The lowest BCUT2D eigenvalue weighted by Crippen LogP contribution is -2.57. The second kappa shape index (κ2) is 11.1. The Balaban J connectivity index is 1.44. The average molecular weight is 537 g/mol. The molecule has 204 valence electrons. The van der Waals surface area contributed by atoms with Crippen LogP contribution in [0.25, 0.3) is 16.6 Å². The molecule has 3 aromatic rings. The molecule has 38 heavy (non-hydrogen) atoms. The summed E-state index contributed by atoms with van der Waals surface area (Å²) in [7, 11) is 1.38. The molecule has 2 aromatic heterocycles. The van der Waals surface area contributed by atoms with Crippen LogP contribution in [-0.2, 0) is 4.74 Å². The number of piperidine rings is 1. The van der Waals surface area contributed by atoms with Crippen LogP contribution in [0.15, 0.2) is 29.5 Å². The van der Waals surface area contributed by atoms with E-state index >= 15 is 4.39 Å². The van der Waals surface area contributed by atoms with Gasteiger partial charge in [-0.2, -0.15) is 10.1 Å². The molecule has 0 amide bonds. The highest BCUT2D eigenvalue weighted by Gasteiger charge is 2.36. The largest absolute Gasteiger partial charge is 0.479 e. The van der Waals surface area contributed by atoms with Crippen molar-refractivity contribution < 1.29 is 27.0 Å². The molecule has 0 unspecified atom stereocenters. The summed E-state index contributed by atoms with van der Waals surface area (Å²) < 4.78 is 68.4. The van der Waals surface area contributed by atoms with E-state index in [9.17, 15) is 13.2 Å². The highest BCUT2D eigenvalue weighted by Crippen LogP contribution is 2.38. The monoisotopic (exact) mass is 536 g/mol. The van der Waals surface area contributed by atoms with Gasteiger partial charge in [0.1, 0.15) is 30.7 Å². The highest BCUT2D eigenvalue weighted by molar-refractivity contribution is 5.88. The Morgan fingerprint density at radius 3 is 2.71 bits per heavy atom. The van der Waals surface area contributed by atoms with Crippen molar-refractivity contribution in [3.05, 3.63) is 30.2 Å². The first-order chi connectivity index (χ1) is 18.4. The van der Waals surface area contributed by atoms with Crippen LogP contribution in [0.3, 0.4) is 0 Å². The number of hydrogen-bond acceptors (Lipinski definition) is 9. The molecule has 0 saturated carbocycles. The number of nitrogens with zero attached hydrogens (tertiary/aromatic N) is 5. The van der Waals surface area contributed by atoms with E-state index in [1.54, 1.807) is 0 Å². The van der Waals surface area contributed by atoms with E-state index in [1.165, 1.54) is 29.8 Å². The van der Waals surface area contributed by atoms with Crippen LogP contribution < -0.4 is 15.4 Å². The summed E-state index contributed by atoms with van der Waals surface area (Å²) in [5.74, 6) is -0.512. The summed E-state index contributed by atoms with van der Waals surface area (Å²) >= 11 is 0. The van der Waals surface area contributed by atoms with Crippen molar-refractivity contribution in [2.75, 3.05) is 57.4 Å². The zero-order chi connectivity index (χ0) is 26.8. The number of nitrogens with one attached hydrogen (secondary N) is 3. The van der Waals surface area contributed by atoms with E-state index in [4.69, 9.17) is 15.0 Å². The SMILES string of the molecule is COc1nc(N[C@@H]2CCN(C3COC3)C[C@@H]2F)nn2cc(F)c(-c3ccc(N=N)c(NC(CF)CF)c3)c12. The van der Waals surface area contributed by atoms with Crippen molar-refractivity contribution in [1.82, 2.24) is 19.5 Å². The Bertz CT molecular complexity index is 1300. The van der Waals surface area contributed by atoms with Gasteiger partial charge in [-0.3, -0.25) is 4.90 Å². The number of methoxy groups -OCH3 is 1. The van der Waals surface area contributed by atoms with Gasteiger partial charge in [0.25, 0.3) is 0 Å². The highest BCUT2D eigenvalue weighted by atomic mass is 19.1. The predicted octanol–water partition coefficient (Wildman–Crippen LogP) is 4.15. The van der Waals surface area contributed by atoms with Crippen LogP contribution >= 0.6 is 0 Å². The topological polar surface area (TPSA) is 112 Å². The molecule has 0 aliphatic carbocycles. The maximum atomic E-state index is 15.3. The van der Waals surface area contributed by atoms with Gasteiger partial charge >= 0.3 is 0 Å². The lowest BCUT2D eigenvalue weighted by atomic mass is 10.0. The van der Waals surface area contributed by atoms with E-state index in [1.807, 2.05) is 0 Å². The normalized spacial score (nSPS) is 20.5. The molecule has 10 nitrogen and oxygen atoms in total. The Kier molecular flexibility index (Phi) is 7.61. The molecular weight excluding hydrogens is 508 g/mol. The molecular formula is C24H28F4N8O2. The maximum Gasteiger partial charge on any atom is 0.244 e. The lowest BCUT2D eigenvalue weighted by Gasteiger charge is -2.42. The van der Waals surface area contributed by atoms with Crippen LogP contribution in [-0.4, -0.2) is 90.6 Å². The molecule has 2 fully saturated rings. The first kappa shape index (κ1) is 26.1. The van der Waals surface area contributed by atoms with Crippen molar-refractivity contribution in [2.45, 2.75) is 30.7 Å². The van der Waals surface area contributed by atoms with E-state index in [2.05, 4.69) is 30.7 Å². The van der Waals surface area contributed by atoms with Crippen LogP contribution in [0.2, 0.25) is 0 Å². The number of rotatable bonds is 10. The van der Waals surface area contributed by atoms with Gasteiger partial charge in [-0.05, 0) is 24.1 Å². The molecule has 2 aliphatic rings. The van der Waals surface area contributed by atoms with Crippen molar-refractivity contribution >= 4 is 22.8 Å². The van der Waals surface area contributed by atoms with Gasteiger partial charge in [0.05, 0.1) is 55.9 Å². The molecule has 2 saturated heterocycles. The molecule has 1 aromatic carbocycles. The molecule has 5 rings (SSSR count). The Labute approximate surface area is 215 Å². The average Bonchev–Trinajstić information content (AvgIpc) is 3.22. The summed E-state index contributed by atoms with van der Waals surface area (Å²) in [6.07, 6.45) is 0.527. The number of halogens is 4. The van der Waals surface area contributed by atoms with Gasteiger partial charge in [0.15, 0.2) is 5.82 Å². The Morgan fingerprint density at radius 1 is 1.29 bits per heavy atom. The smallest absolute Gasteiger partial charge is 0.244 e. The summed E-state index contributed by atoms with van der Waals surface area (Å²) in [6, 6.07) is 3.00. The standard InChI is InChI=1S/C24H28F4N8O2/c1-37-23-22-21(13-2-3-19(33-29)20(6-13)30-14(7-25)8-26)17(28)10-36(22)34-24(32-23)31-18-4-5-35(9-16(18)27)15-11-38-12-15/h2-3,6,10,14-16,18,29-30H,4-5,7-9,11-12H2,1H3,(H,31,34)/t16-,18+/m0/s1. The minimum atomic E-state index is -1.16. The van der Waals surface area contributed by atoms with Crippen molar-refractivity contribution in [3.8, 4) is 17.0 Å². The number of aromatic nitrogens is 3. The van der Waals surface area contributed by atoms with Crippen LogP contribution in [0.5, 0.6) is 5.88 Å². The summed E-state index contributed by atoms with van der Waals surface area (Å²) in [5.41, 5.74) is 8.28. The molecule has 0 bridgehead atoms. The van der Waals surface area contributed by atoms with Gasteiger partial charge in [0, 0.05) is 13.1 Å². The van der Waals surface area contributed by atoms with Gasteiger partial charge in [-0.25, -0.2) is 27.6 Å². The quantitative estimate of drug-likeness (QED) is 0.264. The van der Waals surface area contributed by atoms with Crippen molar-refractivity contribution in [2.24, 2.45) is 5.11 Å². The fraction of sp³-hybridized carbons (Fsp3) is 0.500. The molecule has 2 atom stereocenters. The van der Waals surface area contributed by atoms with Crippen LogP contribution in [0.1, 0.15) is 6.42 Å². The minimum Gasteiger partial charge on any atom is -0.479 e. The van der Waals surface area contributed by atoms with E-state index < -0.39 is 37.4 Å². The number of ether oxygens (including phenoxy) is 2. The van der Waals surface area contributed by atoms with Crippen LogP contribution in [0.4, 0.5) is 34.9 Å². The molecule has 0 spiro atoms. The van der Waals surface area contributed by atoms with Gasteiger partial charge in [-0.15, -0.1) is 5.10 Å². The number of benzene rings is 1. The van der Waals surface area contributed by atoms with Crippen molar-refractivity contribution in [3.63, 3.8) is 0 Å². The maximum absolute atomic E-state index is 15.3. The van der Waals surface area contributed by atoms with E-state index in [0.717, 1.165) is 6.20 Å². The van der Waals surface area contributed by atoms with Crippen LogP contribution in [0, 0.1) is 11.3 Å². The van der Waals surface area contributed by atoms with E-state index in [0.29, 0.717) is 31.7 Å². The summed E-state index contributed by atoms with van der Waals surface area (Å²) in [6.45, 7) is 0.258. The first-order valence-corrected chi connectivity index (χ1v) is 12.2. The molecule has 2 aliphatic heterocycles. The second-order valence-corrected chi connectivity index (χ2v) is 9.33. The van der Waals surface area contributed by atoms with Gasteiger partial charge in [0.2, 0.25) is 11.8 Å². The third-order valence-electron chi connectivity index (χ3n) is 6.91. The summed E-state index contributed by atoms with van der Waals surface area (Å²) in [4.78, 5) is 6.44. The lowest BCUT2D eigenvalue weighted by molar-refractivity contribution is -0.0794. The Morgan fingerprint density at radius 2 is 2.08 bits per heavy atom. The number of fused-ring (bicyclic) bond motifs is 1. The third kappa shape index (κ3) is 4.97. The Hall–Kier alpha value is -3.52. The molecule has 14 heteroatoms. The number of alkyl halides is 3. The van der Waals surface area contributed by atoms with Gasteiger partial charge < -0.3 is 20.1 Å². The zero-order valence-corrected chi connectivity index (χ0v) is 20.6. The number of hydrogen-bond donors (Lipinski definition) is 3. The summed E-state index contributed by atoms with van der Waals surface area (Å²) in [5, 5.41) is 13.4. The fourth-order valence-corrected chi connectivity index (χ4v) is 4.76. The van der Waals surface area contributed by atoms with E-state index in [-0.39, 0.29) is 46.9 Å². The predicted molar refractivity (Wildman–Crippen MR) is 132 cm³/mol.